The second kappa shape index (κ2) is 43.7. The Balaban J connectivity index is -0.000000547. The molecule has 0 radical (unpaired) electrons. The number of carboxylic acids is 5. The summed E-state index contributed by atoms with van der Waals surface area (Å²) in [4.78, 5) is 83.5. The van der Waals surface area contributed by atoms with Gasteiger partial charge < -0.3 is 35.7 Å². The van der Waals surface area contributed by atoms with Crippen LogP contribution in [0.15, 0.2) is 12.3 Å². The first-order chi connectivity index (χ1) is 30.1. The maximum atomic E-state index is 12.4. The smallest absolute Gasteiger partial charge is 0.317 e. The number of aliphatic carboxylic acids is 5. The Morgan fingerprint density at radius 1 is 0.403 bits per heavy atom. The SMILES string of the molecule is C=C(O)CN1CCN(CC(=O)O)CCN(CC(=O)CC(C)C)CCN(CC(=O)O)CC1.CC.CC(C)CC(O)CN1CCN(CC(=O)O)CCN(CC(=O)O)CCN(CC(=O)O)CC1.[Gd].[Gd].[Gd]. The van der Waals surface area contributed by atoms with Crippen LogP contribution in [0.3, 0.4) is 0 Å². The first kappa shape index (κ1) is 73.7. The van der Waals surface area contributed by atoms with Gasteiger partial charge in [0.15, 0.2) is 0 Å². The van der Waals surface area contributed by atoms with Crippen molar-refractivity contribution in [1.82, 2.24) is 39.2 Å². The standard InChI is InChI=1S/C21H38N4O6.C20H38N4O7.C2H6.3Gd/c1-17(2)12-19(27)14-23-6-10-24(15-20(28)29)8-4-22(13-18(3)26)5-9-25(11-7-23)16-21(30)31;1-16(2)11-17(25)12-21-3-5-22(13-18(26)27)7-9-24(15-20(30)31)10-8-23(6-4-21)14-19(28)29;1-2;;;/h17,26H,3-16H2,1-2H3,(H,28,29)(H,30,31);16-17,25H,3-15H2,1-2H3,(H,26,27)(H,28,29)(H,30,31);1-2H3;;;. The summed E-state index contributed by atoms with van der Waals surface area (Å²) in [6.07, 6.45) is 0.617. The molecule has 21 nitrogen and oxygen atoms in total. The minimum Gasteiger partial charge on any atom is -0.512 e. The van der Waals surface area contributed by atoms with E-state index in [1.165, 1.54) is 0 Å². The zero-order valence-electron chi connectivity index (χ0n) is 40.5. The number of nitrogens with zero attached hydrogens (tertiary/aromatic N) is 8. The second-order valence-electron chi connectivity index (χ2n) is 17.2. The van der Waals surface area contributed by atoms with Gasteiger partial charge in [-0.2, -0.15) is 0 Å². The Labute approximate surface area is 495 Å². The van der Waals surface area contributed by atoms with Crippen LogP contribution >= 0.6 is 0 Å². The van der Waals surface area contributed by atoms with Gasteiger partial charge in [-0.25, -0.2) is 0 Å². The number of carbonyl (C=O) groups excluding carboxylic acids is 1. The third kappa shape index (κ3) is 42.4. The molecule has 1 atom stereocenters. The van der Waals surface area contributed by atoms with Crippen LogP contribution in [-0.2, 0) is 28.8 Å². The Hall–Kier alpha value is 0.174. The molecule has 2 saturated heterocycles. The van der Waals surface area contributed by atoms with Crippen molar-refractivity contribution in [2.24, 2.45) is 11.8 Å². The number of β-amino-alcohol motifs (C(OH)–C–C–N with tert-alkyl or cyclic N) is 1. The van der Waals surface area contributed by atoms with Crippen molar-refractivity contribution in [3.8, 4) is 0 Å². The summed E-state index contributed by atoms with van der Waals surface area (Å²) in [6.45, 7) is 23.3. The van der Waals surface area contributed by atoms with E-state index in [4.69, 9.17) is 0 Å². The van der Waals surface area contributed by atoms with Gasteiger partial charge in [0.2, 0.25) is 0 Å². The molecule has 0 aromatic carbocycles. The van der Waals surface area contributed by atoms with Gasteiger partial charge in [0.05, 0.1) is 57.7 Å². The topological polar surface area (TPSA) is 270 Å². The minimum absolute atomic E-state index is 0. The average molecular weight is 1390 g/mol. The Bertz CT molecular complexity index is 1350. The van der Waals surface area contributed by atoms with Crippen LogP contribution in [0.25, 0.3) is 0 Å². The van der Waals surface area contributed by atoms with Crippen molar-refractivity contribution in [2.45, 2.75) is 60.5 Å². The molecule has 0 aromatic rings. The fourth-order valence-electron chi connectivity index (χ4n) is 7.35. The molecule has 2 rings (SSSR count). The molecular weight excluding hydrogens is 1310 g/mol. The number of ketones is 1. The molecule has 1 unspecified atom stereocenters. The fraction of sp³-hybridized carbons (Fsp3) is 0.814. The van der Waals surface area contributed by atoms with Crippen molar-refractivity contribution < 1.29 is 184 Å². The number of carboxylic acid groups (broad SMARTS) is 5. The molecule has 24 heteroatoms. The molecule has 0 saturated carbocycles. The van der Waals surface area contributed by atoms with E-state index in [2.05, 4.69) is 6.58 Å². The fourth-order valence-corrected chi connectivity index (χ4v) is 7.35. The molecule has 0 amide bonds. The Morgan fingerprint density at radius 2 is 0.627 bits per heavy atom. The van der Waals surface area contributed by atoms with Crippen LogP contribution in [-0.4, -0.2) is 274 Å². The van der Waals surface area contributed by atoms with E-state index in [9.17, 15) is 64.5 Å². The number of aliphatic hydroxyl groups excluding tert-OH is 2. The molecule has 2 fully saturated rings. The summed E-state index contributed by atoms with van der Waals surface area (Å²) in [5.41, 5.74) is 0. The van der Waals surface area contributed by atoms with E-state index in [0.717, 1.165) is 0 Å². The molecule has 0 aliphatic carbocycles. The molecule has 2 aliphatic rings. The first-order valence-electron chi connectivity index (χ1n) is 22.5. The van der Waals surface area contributed by atoms with Gasteiger partial charge in [-0.15, -0.1) is 0 Å². The molecular formula is C43H82Gd3N8O13. The summed E-state index contributed by atoms with van der Waals surface area (Å²) in [7, 11) is 0. The molecule has 2 aliphatic heterocycles. The van der Waals surface area contributed by atoms with Gasteiger partial charge in [-0.05, 0) is 18.3 Å². The predicted molar refractivity (Wildman–Crippen MR) is 243 cm³/mol. The Kier molecular flexibility index (Phi) is 48.1. The molecule has 67 heavy (non-hydrogen) atoms. The maximum Gasteiger partial charge on any atom is 0.317 e. The molecule has 0 spiro atoms. The predicted octanol–water partition coefficient (Wildman–Crippen LogP) is -0.0409. The molecule has 7 N–H and O–H groups in total. The number of aliphatic hydroxyl groups is 2. The minimum atomic E-state index is -0.980. The second-order valence-corrected chi connectivity index (χ2v) is 17.2. The quantitative estimate of drug-likeness (QED) is 0.0789. The third-order valence-corrected chi connectivity index (χ3v) is 10.3. The van der Waals surface area contributed by atoms with Crippen molar-refractivity contribution >= 4 is 35.6 Å². The van der Waals surface area contributed by atoms with Gasteiger partial charge in [-0.3, -0.25) is 68.0 Å². The number of hydrogen-bond donors (Lipinski definition) is 7. The molecule has 0 aromatic heterocycles. The molecule has 2 heterocycles. The number of carbonyl (C=O) groups is 6. The van der Waals surface area contributed by atoms with Crippen LogP contribution in [0.4, 0.5) is 0 Å². The molecule has 396 valence electrons. The van der Waals surface area contributed by atoms with E-state index in [-0.39, 0.29) is 183 Å². The van der Waals surface area contributed by atoms with Crippen LogP contribution in [0, 0.1) is 132 Å². The summed E-state index contributed by atoms with van der Waals surface area (Å²) in [6, 6.07) is 0. The Morgan fingerprint density at radius 3 is 0.836 bits per heavy atom. The van der Waals surface area contributed by atoms with Crippen molar-refractivity contribution in [2.75, 3.05) is 157 Å². The zero-order chi connectivity index (χ0) is 48.8. The van der Waals surface area contributed by atoms with Crippen LogP contribution in [0.5, 0.6) is 0 Å². The largest absolute Gasteiger partial charge is 0.512 e. The van der Waals surface area contributed by atoms with Crippen LogP contribution < -0.4 is 0 Å². The zero-order valence-corrected chi connectivity index (χ0v) is 47.3. The number of Topliss-reactive ketones (excluding diaryl/α,β-unsaturated/α-hetero) is 1. The van der Waals surface area contributed by atoms with Crippen molar-refractivity contribution in [3.05, 3.63) is 12.3 Å². The monoisotopic (exact) mass is 1390 g/mol. The van der Waals surface area contributed by atoms with E-state index in [1.54, 1.807) is 14.7 Å². The van der Waals surface area contributed by atoms with E-state index in [1.807, 2.05) is 66.0 Å². The summed E-state index contributed by atoms with van der Waals surface area (Å²) < 4.78 is 0. The van der Waals surface area contributed by atoms with Crippen molar-refractivity contribution in [3.63, 3.8) is 0 Å². The van der Waals surface area contributed by atoms with Gasteiger partial charge in [0.25, 0.3) is 0 Å². The van der Waals surface area contributed by atoms with Crippen LogP contribution in [0.1, 0.15) is 54.4 Å². The van der Waals surface area contributed by atoms with Crippen LogP contribution in [0.2, 0.25) is 0 Å². The third-order valence-electron chi connectivity index (χ3n) is 10.3. The van der Waals surface area contributed by atoms with E-state index < -0.39 is 36.0 Å². The normalized spacial score (nSPS) is 18.2. The molecule has 0 bridgehead atoms. The number of hydrogen-bond acceptors (Lipinski definition) is 16. The summed E-state index contributed by atoms with van der Waals surface area (Å²) >= 11 is 0. The van der Waals surface area contributed by atoms with Gasteiger partial charge in [0.1, 0.15) is 5.78 Å². The van der Waals surface area contributed by atoms with Gasteiger partial charge in [0, 0.05) is 238 Å². The number of rotatable bonds is 20. The van der Waals surface area contributed by atoms with Gasteiger partial charge in [-0.1, -0.05) is 48.1 Å². The first-order valence-corrected chi connectivity index (χ1v) is 22.5. The van der Waals surface area contributed by atoms with E-state index >= 15 is 0 Å². The summed E-state index contributed by atoms with van der Waals surface area (Å²) in [5.74, 6) is -3.96. The van der Waals surface area contributed by atoms with E-state index in [0.29, 0.717) is 130 Å². The maximum absolute atomic E-state index is 12.4. The average Bonchev–Trinajstić information content (AvgIpc) is 3.16. The summed E-state index contributed by atoms with van der Waals surface area (Å²) in [5, 5.41) is 66.1. The van der Waals surface area contributed by atoms with Gasteiger partial charge >= 0.3 is 29.8 Å². The van der Waals surface area contributed by atoms with Crippen molar-refractivity contribution in [1.29, 1.82) is 0 Å².